The SMILES string of the molecule is CCN(Cc1cccc(S(=O)(=O)O)c1)C(C)COc1ccccc1. The van der Waals surface area contributed by atoms with Crippen molar-refractivity contribution in [3.05, 3.63) is 60.2 Å². The summed E-state index contributed by atoms with van der Waals surface area (Å²) in [7, 11) is -4.18. The van der Waals surface area contributed by atoms with Crippen LogP contribution in [0.25, 0.3) is 0 Å². The molecule has 130 valence electrons. The van der Waals surface area contributed by atoms with E-state index in [4.69, 9.17) is 9.29 Å². The average Bonchev–Trinajstić information content (AvgIpc) is 2.58. The maximum atomic E-state index is 11.3. The fourth-order valence-electron chi connectivity index (χ4n) is 2.46. The molecule has 1 atom stereocenters. The smallest absolute Gasteiger partial charge is 0.294 e. The summed E-state index contributed by atoms with van der Waals surface area (Å²) >= 11 is 0. The summed E-state index contributed by atoms with van der Waals surface area (Å²) in [5, 5.41) is 0. The maximum Gasteiger partial charge on any atom is 0.294 e. The topological polar surface area (TPSA) is 66.8 Å². The summed E-state index contributed by atoms with van der Waals surface area (Å²) < 4.78 is 37.5. The minimum absolute atomic E-state index is 0.0794. The molecule has 24 heavy (non-hydrogen) atoms. The molecule has 2 aromatic carbocycles. The molecule has 2 aromatic rings. The molecule has 5 nitrogen and oxygen atoms in total. The fourth-order valence-corrected chi connectivity index (χ4v) is 3.01. The van der Waals surface area contributed by atoms with E-state index in [0.29, 0.717) is 13.2 Å². The van der Waals surface area contributed by atoms with E-state index in [1.807, 2.05) is 43.3 Å². The molecule has 2 rings (SSSR count). The van der Waals surface area contributed by atoms with E-state index in [1.54, 1.807) is 6.07 Å². The van der Waals surface area contributed by atoms with Gasteiger partial charge in [0.15, 0.2) is 0 Å². The first kappa shape index (κ1) is 18.4. The van der Waals surface area contributed by atoms with E-state index in [-0.39, 0.29) is 10.9 Å². The highest BCUT2D eigenvalue weighted by Crippen LogP contribution is 2.15. The van der Waals surface area contributed by atoms with E-state index in [0.717, 1.165) is 17.9 Å². The lowest BCUT2D eigenvalue weighted by Crippen LogP contribution is -2.36. The molecule has 0 aliphatic rings. The van der Waals surface area contributed by atoms with Gasteiger partial charge in [-0.25, -0.2) is 0 Å². The van der Waals surface area contributed by atoms with Crippen molar-refractivity contribution in [1.29, 1.82) is 0 Å². The quantitative estimate of drug-likeness (QED) is 0.741. The molecule has 0 saturated carbocycles. The van der Waals surface area contributed by atoms with Crippen molar-refractivity contribution in [3.8, 4) is 5.75 Å². The third-order valence-corrected chi connectivity index (χ3v) is 4.70. The van der Waals surface area contributed by atoms with Crippen LogP contribution in [0.2, 0.25) is 0 Å². The van der Waals surface area contributed by atoms with Crippen molar-refractivity contribution in [2.75, 3.05) is 13.2 Å². The zero-order valence-electron chi connectivity index (χ0n) is 13.9. The largest absolute Gasteiger partial charge is 0.492 e. The van der Waals surface area contributed by atoms with Crippen molar-refractivity contribution in [3.63, 3.8) is 0 Å². The number of hydrogen-bond acceptors (Lipinski definition) is 4. The van der Waals surface area contributed by atoms with Gasteiger partial charge < -0.3 is 4.74 Å². The molecule has 0 bridgehead atoms. The normalized spacial score (nSPS) is 13.0. The monoisotopic (exact) mass is 349 g/mol. The van der Waals surface area contributed by atoms with Crippen LogP contribution in [0.4, 0.5) is 0 Å². The Balaban J connectivity index is 2.01. The molecule has 0 aliphatic heterocycles. The molecular weight excluding hydrogens is 326 g/mol. The van der Waals surface area contributed by atoms with Crippen LogP contribution < -0.4 is 4.74 Å². The molecule has 0 heterocycles. The molecule has 1 unspecified atom stereocenters. The van der Waals surface area contributed by atoms with Crippen molar-refractivity contribution >= 4 is 10.1 Å². The Morgan fingerprint density at radius 3 is 2.46 bits per heavy atom. The van der Waals surface area contributed by atoms with Crippen LogP contribution in [0.5, 0.6) is 5.75 Å². The van der Waals surface area contributed by atoms with Gasteiger partial charge in [0.25, 0.3) is 10.1 Å². The van der Waals surface area contributed by atoms with Gasteiger partial charge in [-0.1, -0.05) is 37.3 Å². The van der Waals surface area contributed by atoms with Crippen molar-refractivity contribution in [1.82, 2.24) is 4.90 Å². The first-order valence-electron chi connectivity index (χ1n) is 7.88. The number of benzene rings is 2. The Kier molecular flexibility index (Phi) is 6.36. The average molecular weight is 349 g/mol. The highest BCUT2D eigenvalue weighted by Gasteiger charge is 2.15. The maximum absolute atomic E-state index is 11.3. The van der Waals surface area contributed by atoms with Gasteiger partial charge in [-0.05, 0) is 43.3 Å². The van der Waals surface area contributed by atoms with E-state index >= 15 is 0 Å². The third kappa shape index (κ3) is 5.33. The lowest BCUT2D eigenvalue weighted by atomic mass is 10.2. The predicted octanol–water partition coefficient (Wildman–Crippen LogP) is 3.22. The van der Waals surface area contributed by atoms with Gasteiger partial charge in [0, 0.05) is 12.6 Å². The summed E-state index contributed by atoms with van der Waals surface area (Å²) in [5.41, 5.74) is 0.832. The second-order valence-corrected chi connectivity index (χ2v) is 7.08. The Morgan fingerprint density at radius 2 is 1.83 bits per heavy atom. The first-order valence-corrected chi connectivity index (χ1v) is 9.32. The fraction of sp³-hybridized carbons (Fsp3) is 0.333. The highest BCUT2D eigenvalue weighted by molar-refractivity contribution is 7.85. The van der Waals surface area contributed by atoms with Gasteiger partial charge in [-0.3, -0.25) is 9.45 Å². The van der Waals surface area contributed by atoms with Crippen LogP contribution in [-0.2, 0) is 16.7 Å². The van der Waals surface area contributed by atoms with Gasteiger partial charge in [0.2, 0.25) is 0 Å². The molecule has 6 heteroatoms. The Morgan fingerprint density at radius 1 is 1.12 bits per heavy atom. The van der Waals surface area contributed by atoms with Crippen LogP contribution in [0.15, 0.2) is 59.5 Å². The number of nitrogens with zero attached hydrogens (tertiary/aromatic N) is 1. The zero-order valence-corrected chi connectivity index (χ0v) is 14.7. The van der Waals surface area contributed by atoms with Crippen molar-refractivity contribution < 1.29 is 17.7 Å². The second-order valence-electron chi connectivity index (χ2n) is 5.66. The number of likely N-dealkylation sites (N-methyl/N-ethyl adjacent to an activating group) is 1. The molecule has 0 radical (unpaired) electrons. The minimum Gasteiger partial charge on any atom is -0.492 e. The summed E-state index contributed by atoms with van der Waals surface area (Å²) in [6.45, 7) is 6.04. The van der Waals surface area contributed by atoms with Gasteiger partial charge in [0.1, 0.15) is 12.4 Å². The van der Waals surface area contributed by atoms with E-state index < -0.39 is 10.1 Å². The molecule has 0 aromatic heterocycles. The standard InChI is InChI=1S/C18H23NO4S/c1-3-19(15(2)14-23-17-9-5-4-6-10-17)13-16-8-7-11-18(12-16)24(20,21)22/h4-12,15H,3,13-14H2,1-2H3,(H,20,21,22). The lowest BCUT2D eigenvalue weighted by Gasteiger charge is -2.28. The predicted molar refractivity (Wildman–Crippen MR) is 93.7 cm³/mol. The van der Waals surface area contributed by atoms with Gasteiger partial charge in [-0.15, -0.1) is 0 Å². The van der Waals surface area contributed by atoms with Crippen molar-refractivity contribution in [2.24, 2.45) is 0 Å². The molecular formula is C18H23NO4S. The first-order chi connectivity index (χ1) is 11.4. The van der Waals surface area contributed by atoms with Gasteiger partial charge in [-0.2, -0.15) is 8.42 Å². The van der Waals surface area contributed by atoms with E-state index in [2.05, 4.69) is 11.8 Å². The van der Waals surface area contributed by atoms with Gasteiger partial charge in [0.05, 0.1) is 4.90 Å². The van der Waals surface area contributed by atoms with Crippen molar-refractivity contribution in [2.45, 2.75) is 31.3 Å². The zero-order chi connectivity index (χ0) is 17.6. The Bertz CT molecular complexity index is 747. The van der Waals surface area contributed by atoms with Crippen LogP contribution in [0.1, 0.15) is 19.4 Å². The third-order valence-electron chi connectivity index (χ3n) is 3.85. The molecule has 0 spiro atoms. The molecule has 0 aliphatic carbocycles. The Labute approximate surface area is 143 Å². The van der Waals surface area contributed by atoms with Crippen LogP contribution in [-0.4, -0.2) is 37.1 Å². The highest BCUT2D eigenvalue weighted by atomic mass is 32.2. The van der Waals surface area contributed by atoms with Crippen LogP contribution >= 0.6 is 0 Å². The summed E-state index contributed by atoms with van der Waals surface area (Å²) in [5.74, 6) is 0.828. The number of hydrogen-bond donors (Lipinski definition) is 1. The summed E-state index contributed by atoms with van der Waals surface area (Å²) in [4.78, 5) is 2.11. The minimum atomic E-state index is -4.18. The van der Waals surface area contributed by atoms with Gasteiger partial charge >= 0.3 is 0 Å². The van der Waals surface area contributed by atoms with E-state index in [1.165, 1.54) is 12.1 Å². The molecule has 0 fully saturated rings. The van der Waals surface area contributed by atoms with Crippen LogP contribution in [0, 0.1) is 0 Å². The molecule has 0 amide bonds. The van der Waals surface area contributed by atoms with E-state index in [9.17, 15) is 8.42 Å². The van der Waals surface area contributed by atoms with Crippen LogP contribution in [0.3, 0.4) is 0 Å². The molecule has 1 N–H and O–H groups in total. The second kappa shape index (κ2) is 8.28. The number of para-hydroxylation sites is 1. The lowest BCUT2D eigenvalue weighted by molar-refractivity contribution is 0.145. The number of rotatable bonds is 8. The summed E-state index contributed by atoms with van der Waals surface area (Å²) in [6, 6.07) is 16.2. The number of ether oxygens (including phenoxy) is 1. The Hall–Kier alpha value is -1.89. The molecule has 0 saturated heterocycles. The summed E-state index contributed by atoms with van der Waals surface area (Å²) in [6.07, 6.45) is 0.